The summed E-state index contributed by atoms with van der Waals surface area (Å²) >= 11 is 0. The van der Waals surface area contributed by atoms with Gasteiger partial charge in [0.1, 0.15) is 11.6 Å². The molecular weight excluding hydrogens is 572 g/mol. The van der Waals surface area contributed by atoms with Gasteiger partial charge in [-0.2, -0.15) is 0 Å². The summed E-state index contributed by atoms with van der Waals surface area (Å²) in [7, 11) is -3.50. The van der Waals surface area contributed by atoms with Crippen molar-refractivity contribution in [3.8, 4) is 0 Å². The predicted molar refractivity (Wildman–Crippen MR) is 165 cm³/mol. The monoisotopic (exact) mass is 626 g/mol. The van der Waals surface area contributed by atoms with Gasteiger partial charge in [0.05, 0.1) is 22.6 Å². The summed E-state index contributed by atoms with van der Waals surface area (Å²) in [5.74, 6) is -2.19. The van der Waals surface area contributed by atoms with Gasteiger partial charge < -0.3 is 26.0 Å². The van der Waals surface area contributed by atoms with Crippen LogP contribution in [0.3, 0.4) is 0 Å². The highest BCUT2D eigenvalue weighted by atomic mass is 32.2. The summed E-state index contributed by atoms with van der Waals surface area (Å²) in [4.78, 5) is 52.9. The van der Waals surface area contributed by atoms with Gasteiger partial charge in [-0.05, 0) is 65.2 Å². The highest BCUT2D eigenvalue weighted by molar-refractivity contribution is 7.92. The number of unbranched alkanes of at least 4 members (excludes halogenated alkanes) is 5. The number of amides is 4. The first kappa shape index (κ1) is 35.1. The average molecular weight is 627 g/mol. The van der Waals surface area contributed by atoms with Crippen molar-refractivity contribution in [1.82, 2.24) is 20.9 Å². The van der Waals surface area contributed by atoms with Crippen LogP contribution in [0.2, 0.25) is 0 Å². The molecule has 43 heavy (non-hydrogen) atoms. The summed E-state index contributed by atoms with van der Waals surface area (Å²) < 4.78 is 25.1. The first-order valence-electron chi connectivity index (χ1n) is 16.3. The van der Waals surface area contributed by atoms with Gasteiger partial charge in [0.2, 0.25) is 11.8 Å². The molecule has 1 aliphatic heterocycles. The number of hydrogen-bond donors (Lipinski definition) is 4. The molecule has 0 aromatic heterocycles. The Labute approximate surface area is 257 Å². The quantitative estimate of drug-likeness (QED) is 0.200. The molecule has 12 heteroatoms. The fourth-order valence-corrected chi connectivity index (χ4v) is 8.14. The molecule has 2 saturated carbocycles. The zero-order valence-electron chi connectivity index (χ0n) is 26.6. The van der Waals surface area contributed by atoms with Crippen molar-refractivity contribution in [2.75, 3.05) is 18.8 Å². The minimum atomic E-state index is -3.50. The first-order chi connectivity index (χ1) is 20.2. The third-order valence-corrected chi connectivity index (χ3v) is 12.4. The molecule has 11 nitrogen and oxygen atoms in total. The molecule has 4 amide bonds. The Morgan fingerprint density at radius 3 is 2.21 bits per heavy atom. The lowest BCUT2D eigenvalue weighted by Crippen LogP contribution is -2.59. The molecule has 0 aromatic rings. The van der Waals surface area contributed by atoms with E-state index in [2.05, 4.69) is 22.9 Å². The highest BCUT2D eigenvalue weighted by Gasteiger charge is 2.61. The van der Waals surface area contributed by atoms with Gasteiger partial charge >= 0.3 is 12.0 Å². The zero-order chi connectivity index (χ0) is 31.9. The molecule has 0 bridgehead atoms. The van der Waals surface area contributed by atoms with Crippen molar-refractivity contribution in [1.29, 1.82) is 0 Å². The van der Waals surface area contributed by atoms with Crippen molar-refractivity contribution in [2.24, 2.45) is 5.92 Å². The number of carbonyl (C=O) groups excluding carboxylic acids is 3. The Balaban J connectivity index is 1.53. The normalized spacial score (nSPS) is 25.2. The second-order valence-corrected chi connectivity index (χ2v) is 16.7. The van der Waals surface area contributed by atoms with E-state index in [4.69, 9.17) is 0 Å². The Hall–Kier alpha value is -2.37. The largest absolute Gasteiger partial charge is 0.479 e. The SMILES string of the molecule is CCCCCCCCC1C[C@]1(NC(=O)[C@@H]1CCCN1C(=O)CNC(=O)NC1(CS(=O)(=O)C(C)(C)C)CCCCC1)C(=O)O. The first-order valence-corrected chi connectivity index (χ1v) is 17.9. The van der Waals surface area contributed by atoms with Crippen LogP contribution in [0.15, 0.2) is 0 Å². The highest BCUT2D eigenvalue weighted by Crippen LogP contribution is 2.47. The number of urea groups is 1. The van der Waals surface area contributed by atoms with Crippen molar-refractivity contribution in [2.45, 2.75) is 146 Å². The number of sulfone groups is 1. The third kappa shape index (κ3) is 9.08. The van der Waals surface area contributed by atoms with Gasteiger partial charge in [0, 0.05) is 6.54 Å². The fraction of sp³-hybridized carbons (Fsp3) is 0.871. The van der Waals surface area contributed by atoms with Gasteiger partial charge in [-0.25, -0.2) is 18.0 Å². The van der Waals surface area contributed by atoms with Crippen LogP contribution in [0.4, 0.5) is 4.79 Å². The molecule has 0 spiro atoms. The maximum absolute atomic E-state index is 13.2. The molecule has 3 atom stereocenters. The molecule has 3 fully saturated rings. The minimum absolute atomic E-state index is 0.106. The van der Waals surface area contributed by atoms with E-state index in [0.29, 0.717) is 38.6 Å². The number of nitrogens with zero attached hydrogens (tertiary/aromatic N) is 1. The number of hydrogen-bond acceptors (Lipinski definition) is 6. The van der Waals surface area contributed by atoms with E-state index in [1.807, 2.05) is 0 Å². The molecular formula is C31H54N4O7S. The molecule has 2 aliphatic carbocycles. The number of likely N-dealkylation sites (tertiary alicyclic amines) is 1. The Kier molecular flexibility index (Phi) is 11.9. The summed E-state index contributed by atoms with van der Waals surface area (Å²) in [6, 6.07) is -1.40. The van der Waals surface area contributed by atoms with Crippen molar-refractivity contribution < 1.29 is 32.7 Å². The van der Waals surface area contributed by atoms with Crippen molar-refractivity contribution in [3.05, 3.63) is 0 Å². The second-order valence-electron chi connectivity index (χ2n) is 14.0. The van der Waals surface area contributed by atoms with Crippen LogP contribution in [-0.4, -0.2) is 82.9 Å². The van der Waals surface area contributed by atoms with Crippen LogP contribution < -0.4 is 16.0 Å². The number of carboxylic acids is 1. The maximum Gasteiger partial charge on any atom is 0.329 e. The van der Waals surface area contributed by atoms with E-state index in [1.54, 1.807) is 20.8 Å². The van der Waals surface area contributed by atoms with Gasteiger partial charge in [-0.15, -0.1) is 0 Å². The summed E-state index contributed by atoms with van der Waals surface area (Å²) in [5.41, 5.74) is -2.16. The average Bonchev–Trinajstić information content (AvgIpc) is 3.39. The Morgan fingerprint density at radius 1 is 0.930 bits per heavy atom. The minimum Gasteiger partial charge on any atom is -0.479 e. The van der Waals surface area contributed by atoms with E-state index < -0.39 is 55.5 Å². The Bertz CT molecular complexity index is 1110. The van der Waals surface area contributed by atoms with E-state index in [1.165, 1.54) is 24.2 Å². The lowest BCUT2D eigenvalue weighted by molar-refractivity contribution is -0.145. The smallest absolute Gasteiger partial charge is 0.329 e. The summed E-state index contributed by atoms with van der Waals surface area (Å²) in [6.45, 7) is 7.11. The van der Waals surface area contributed by atoms with Gasteiger partial charge in [-0.1, -0.05) is 64.7 Å². The van der Waals surface area contributed by atoms with E-state index in [9.17, 15) is 32.7 Å². The third-order valence-electron chi connectivity index (χ3n) is 9.60. The Morgan fingerprint density at radius 2 is 1.58 bits per heavy atom. The fourth-order valence-electron chi connectivity index (χ4n) is 6.62. The molecule has 4 N–H and O–H groups in total. The van der Waals surface area contributed by atoms with Gasteiger partial charge in [0.25, 0.3) is 0 Å². The van der Waals surface area contributed by atoms with E-state index in [-0.39, 0.29) is 18.2 Å². The number of carboxylic acid groups (broad SMARTS) is 1. The number of aliphatic carboxylic acids is 1. The van der Waals surface area contributed by atoms with Crippen LogP contribution in [0.5, 0.6) is 0 Å². The number of nitrogens with one attached hydrogen (secondary N) is 3. The van der Waals surface area contributed by atoms with Gasteiger partial charge in [-0.3, -0.25) is 9.59 Å². The van der Waals surface area contributed by atoms with Gasteiger partial charge in [0.15, 0.2) is 9.84 Å². The van der Waals surface area contributed by atoms with Crippen LogP contribution in [0, 0.1) is 5.92 Å². The second kappa shape index (κ2) is 14.6. The summed E-state index contributed by atoms with van der Waals surface area (Å²) in [6.07, 6.45) is 12.5. The zero-order valence-corrected chi connectivity index (χ0v) is 27.5. The van der Waals surface area contributed by atoms with Crippen molar-refractivity contribution in [3.63, 3.8) is 0 Å². The van der Waals surface area contributed by atoms with Crippen LogP contribution in [0.25, 0.3) is 0 Å². The molecule has 3 aliphatic rings. The van der Waals surface area contributed by atoms with Crippen LogP contribution in [0.1, 0.15) is 124 Å². The van der Waals surface area contributed by atoms with Crippen LogP contribution in [-0.2, 0) is 24.2 Å². The maximum atomic E-state index is 13.2. The standard InChI is InChI=1S/C31H54N4O7S/c1-5-6-7-8-9-11-15-23-20-31(23,27(38)39)33-26(37)24-16-14-19-35(24)25(36)21-32-28(40)34-30(17-12-10-13-18-30)22-43(41,42)29(2,3)4/h23-24H,5-22H2,1-4H3,(H,33,37)(H,38,39)(H2,32,34,40)/t23?,24-,31+/m0/s1. The molecule has 0 radical (unpaired) electrons. The van der Waals surface area contributed by atoms with E-state index in [0.717, 1.165) is 44.9 Å². The van der Waals surface area contributed by atoms with Crippen LogP contribution >= 0.6 is 0 Å². The molecule has 1 unspecified atom stereocenters. The molecule has 1 heterocycles. The predicted octanol–water partition coefficient (Wildman–Crippen LogP) is 3.90. The molecule has 0 aromatic carbocycles. The molecule has 1 saturated heterocycles. The lowest BCUT2D eigenvalue weighted by Gasteiger charge is -2.39. The molecule has 246 valence electrons. The number of carbonyl (C=O) groups is 4. The topological polar surface area (TPSA) is 162 Å². The number of rotatable bonds is 15. The lowest BCUT2D eigenvalue weighted by atomic mass is 9.83. The summed E-state index contributed by atoms with van der Waals surface area (Å²) in [5, 5.41) is 18.2. The van der Waals surface area contributed by atoms with Crippen molar-refractivity contribution >= 4 is 33.7 Å². The van der Waals surface area contributed by atoms with E-state index >= 15 is 0 Å². The molecule has 3 rings (SSSR count).